The van der Waals surface area contributed by atoms with E-state index >= 15 is 0 Å². The molecule has 2 rings (SSSR count). The number of benzene rings is 2. The Morgan fingerprint density at radius 1 is 0.696 bits per heavy atom. The highest BCUT2D eigenvalue weighted by Gasteiger charge is 2.10. The predicted molar refractivity (Wildman–Crippen MR) is 98.8 cm³/mol. The second-order valence-corrected chi connectivity index (χ2v) is 6.51. The minimum atomic E-state index is 0.585. The number of rotatable bonds is 8. The van der Waals surface area contributed by atoms with Crippen molar-refractivity contribution in [1.82, 2.24) is 0 Å². The number of ether oxygens (including phenoxy) is 1. The van der Waals surface area contributed by atoms with Crippen LogP contribution in [0.1, 0.15) is 74.6 Å². The van der Waals surface area contributed by atoms with Crippen LogP contribution in [0, 0.1) is 0 Å². The Kier molecular flexibility index (Phi) is 6.85. The molecule has 0 amide bonds. The van der Waals surface area contributed by atoms with Crippen LogP contribution in [-0.2, 0) is 18.0 Å². The van der Waals surface area contributed by atoms with Crippen LogP contribution >= 0.6 is 0 Å². The summed E-state index contributed by atoms with van der Waals surface area (Å²) >= 11 is 0. The minimum absolute atomic E-state index is 0.585. The first-order valence-corrected chi connectivity index (χ1v) is 8.90. The molecule has 124 valence electrons. The van der Waals surface area contributed by atoms with Gasteiger partial charge in [-0.25, -0.2) is 0 Å². The second kappa shape index (κ2) is 8.88. The average Bonchev–Trinajstić information content (AvgIpc) is 2.61. The molecular weight excluding hydrogens is 280 g/mol. The van der Waals surface area contributed by atoms with Crippen molar-refractivity contribution in [3.63, 3.8) is 0 Å². The summed E-state index contributed by atoms with van der Waals surface area (Å²) in [5.41, 5.74) is 5.49. The van der Waals surface area contributed by atoms with Gasteiger partial charge in [0, 0.05) is 0 Å². The van der Waals surface area contributed by atoms with Crippen LogP contribution in [0.25, 0.3) is 0 Å². The fourth-order valence-electron chi connectivity index (χ4n) is 3.00. The van der Waals surface area contributed by atoms with Crippen molar-refractivity contribution in [1.29, 1.82) is 0 Å². The van der Waals surface area contributed by atoms with E-state index in [1.54, 1.807) is 0 Å². The van der Waals surface area contributed by atoms with Crippen LogP contribution in [0.2, 0.25) is 0 Å². The second-order valence-electron chi connectivity index (χ2n) is 6.51. The van der Waals surface area contributed by atoms with E-state index in [4.69, 9.17) is 4.74 Å². The van der Waals surface area contributed by atoms with Gasteiger partial charge in [0.15, 0.2) is 0 Å². The van der Waals surface area contributed by atoms with E-state index in [-0.39, 0.29) is 0 Å². The molecule has 0 aromatic heterocycles. The van der Waals surface area contributed by atoms with E-state index < -0.39 is 0 Å². The third kappa shape index (κ3) is 4.68. The summed E-state index contributed by atoms with van der Waals surface area (Å²) in [6, 6.07) is 17.3. The molecule has 0 heterocycles. The summed E-state index contributed by atoms with van der Waals surface area (Å²) in [6.45, 7) is 10.4. The van der Waals surface area contributed by atoms with Gasteiger partial charge in [-0.3, -0.25) is 0 Å². The molecule has 0 saturated carbocycles. The Labute approximate surface area is 141 Å². The first-order valence-electron chi connectivity index (χ1n) is 8.90. The van der Waals surface area contributed by atoms with Crippen LogP contribution in [-0.4, -0.2) is 0 Å². The molecule has 23 heavy (non-hydrogen) atoms. The van der Waals surface area contributed by atoms with E-state index in [1.807, 2.05) is 0 Å². The molecule has 1 heteroatoms. The Balaban J connectivity index is 2.04. The molecule has 2 atom stereocenters. The van der Waals surface area contributed by atoms with Crippen LogP contribution in [0.5, 0.6) is 0 Å². The molecule has 2 aromatic carbocycles. The highest BCUT2D eigenvalue weighted by Crippen LogP contribution is 2.25. The van der Waals surface area contributed by atoms with Crippen molar-refractivity contribution >= 4 is 0 Å². The highest BCUT2D eigenvalue weighted by atomic mass is 16.5. The summed E-state index contributed by atoms with van der Waals surface area (Å²) in [4.78, 5) is 0. The maximum absolute atomic E-state index is 6.08. The third-order valence-electron chi connectivity index (χ3n) is 4.91. The molecular formula is C22H30O. The molecule has 0 spiro atoms. The Hall–Kier alpha value is -1.60. The van der Waals surface area contributed by atoms with E-state index in [1.165, 1.54) is 22.3 Å². The number of hydrogen-bond donors (Lipinski definition) is 0. The summed E-state index contributed by atoms with van der Waals surface area (Å²) in [5, 5.41) is 0. The SMILES string of the molecule is CCC(C)c1ccccc1COCc1ccccc1C(C)CC. The van der Waals surface area contributed by atoms with Crippen LogP contribution in [0.15, 0.2) is 48.5 Å². The fraction of sp³-hybridized carbons (Fsp3) is 0.455. The molecule has 0 bridgehead atoms. The summed E-state index contributed by atoms with van der Waals surface area (Å²) < 4.78 is 6.08. The molecule has 0 radical (unpaired) electrons. The van der Waals surface area contributed by atoms with Gasteiger partial charge in [0.05, 0.1) is 13.2 Å². The predicted octanol–water partition coefficient (Wildman–Crippen LogP) is 6.43. The normalized spacial score (nSPS) is 13.7. The van der Waals surface area contributed by atoms with E-state index in [2.05, 4.69) is 76.2 Å². The maximum Gasteiger partial charge on any atom is 0.0724 e. The molecule has 0 aliphatic rings. The van der Waals surface area contributed by atoms with Gasteiger partial charge in [-0.15, -0.1) is 0 Å². The molecule has 1 nitrogen and oxygen atoms in total. The molecule has 0 N–H and O–H groups in total. The Bertz CT molecular complexity index is 549. The van der Waals surface area contributed by atoms with Gasteiger partial charge in [0.2, 0.25) is 0 Å². The molecule has 0 fully saturated rings. The van der Waals surface area contributed by atoms with Crippen LogP contribution in [0.3, 0.4) is 0 Å². The molecule has 0 aliphatic heterocycles. The van der Waals surface area contributed by atoms with Crippen molar-refractivity contribution in [3.8, 4) is 0 Å². The molecule has 0 saturated heterocycles. The van der Waals surface area contributed by atoms with Gasteiger partial charge >= 0.3 is 0 Å². The summed E-state index contributed by atoms with van der Waals surface area (Å²) in [6.07, 6.45) is 2.32. The zero-order valence-corrected chi connectivity index (χ0v) is 15.0. The van der Waals surface area contributed by atoms with Crippen molar-refractivity contribution in [2.45, 2.75) is 65.6 Å². The molecule has 2 unspecified atom stereocenters. The smallest absolute Gasteiger partial charge is 0.0724 e. The van der Waals surface area contributed by atoms with Gasteiger partial charge in [0.1, 0.15) is 0 Å². The highest BCUT2D eigenvalue weighted by molar-refractivity contribution is 5.31. The lowest BCUT2D eigenvalue weighted by molar-refractivity contribution is 0.105. The fourth-order valence-corrected chi connectivity index (χ4v) is 3.00. The zero-order valence-electron chi connectivity index (χ0n) is 15.0. The maximum atomic E-state index is 6.08. The monoisotopic (exact) mass is 310 g/mol. The first kappa shape index (κ1) is 17.7. The van der Waals surface area contributed by atoms with Crippen molar-refractivity contribution in [2.24, 2.45) is 0 Å². The van der Waals surface area contributed by atoms with Crippen LogP contribution in [0.4, 0.5) is 0 Å². The van der Waals surface area contributed by atoms with Crippen LogP contribution < -0.4 is 0 Å². The third-order valence-corrected chi connectivity index (χ3v) is 4.91. The summed E-state index contributed by atoms with van der Waals surface area (Å²) in [5.74, 6) is 1.17. The van der Waals surface area contributed by atoms with Gasteiger partial charge in [-0.05, 0) is 46.9 Å². The van der Waals surface area contributed by atoms with E-state index in [0.29, 0.717) is 25.0 Å². The quantitative estimate of drug-likeness (QED) is 0.546. The first-order chi connectivity index (χ1) is 11.2. The lowest BCUT2D eigenvalue weighted by atomic mass is 9.93. The molecule has 2 aromatic rings. The Morgan fingerprint density at radius 3 is 1.48 bits per heavy atom. The van der Waals surface area contributed by atoms with Gasteiger partial charge < -0.3 is 4.74 Å². The standard InChI is InChI=1S/C22H30O/c1-5-17(3)21-13-9-7-11-19(21)15-23-16-20-12-8-10-14-22(20)18(4)6-2/h7-14,17-18H,5-6,15-16H2,1-4H3. The lowest BCUT2D eigenvalue weighted by Crippen LogP contribution is -2.04. The van der Waals surface area contributed by atoms with E-state index in [0.717, 1.165) is 12.8 Å². The zero-order chi connectivity index (χ0) is 16.7. The minimum Gasteiger partial charge on any atom is -0.372 e. The topological polar surface area (TPSA) is 9.23 Å². The average molecular weight is 310 g/mol. The Morgan fingerprint density at radius 2 is 1.09 bits per heavy atom. The molecule has 0 aliphatic carbocycles. The van der Waals surface area contributed by atoms with Gasteiger partial charge in [-0.2, -0.15) is 0 Å². The number of hydrogen-bond acceptors (Lipinski definition) is 1. The van der Waals surface area contributed by atoms with Crippen molar-refractivity contribution in [2.75, 3.05) is 0 Å². The van der Waals surface area contributed by atoms with Crippen molar-refractivity contribution in [3.05, 3.63) is 70.8 Å². The van der Waals surface area contributed by atoms with Gasteiger partial charge in [0.25, 0.3) is 0 Å². The largest absolute Gasteiger partial charge is 0.372 e. The summed E-state index contributed by atoms with van der Waals surface area (Å²) in [7, 11) is 0. The van der Waals surface area contributed by atoms with Gasteiger partial charge in [-0.1, -0.05) is 76.2 Å². The van der Waals surface area contributed by atoms with E-state index in [9.17, 15) is 0 Å². The van der Waals surface area contributed by atoms with Crippen molar-refractivity contribution < 1.29 is 4.74 Å². The lowest BCUT2D eigenvalue weighted by Gasteiger charge is -2.17.